The molecule has 0 aliphatic carbocycles. The summed E-state index contributed by atoms with van der Waals surface area (Å²) in [5.41, 5.74) is 8.03. The van der Waals surface area contributed by atoms with Crippen LogP contribution in [0.15, 0.2) is 85.6 Å². The molecule has 0 saturated heterocycles. The maximum Gasteiger partial charge on any atom is 0.176 e. The number of rotatable bonds is 4. The summed E-state index contributed by atoms with van der Waals surface area (Å²) in [6.07, 6.45) is 0.845. The van der Waals surface area contributed by atoms with Crippen molar-refractivity contribution in [2.75, 3.05) is 0 Å². The molecule has 1 heterocycles. The highest BCUT2D eigenvalue weighted by molar-refractivity contribution is 5.90. The van der Waals surface area contributed by atoms with Gasteiger partial charge in [0, 0.05) is 16.7 Å². The SMILES string of the molecule is C=C(C)c1ccc(Cc2ccc(C3=C(O)C(=C)c4cc(C)ccc4O3)cc2)cc1. The molecule has 144 valence electrons. The van der Waals surface area contributed by atoms with E-state index >= 15 is 0 Å². The van der Waals surface area contributed by atoms with Gasteiger partial charge in [-0.25, -0.2) is 0 Å². The van der Waals surface area contributed by atoms with Crippen LogP contribution in [0.25, 0.3) is 16.9 Å². The molecule has 3 aromatic rings. The lowest BCUT2D eigenvalue weighted by Crippen LogP contribution is -2.08. The molecule has 1 N–H and O–H groups in total. The van der Waals surface area contributed by atoms with Gasteiger partial charge in [-0.05, 0) is 49.1 Å². The largest absolute Gasteiger partial charge is 0.504 e. The number of ether oxygens (including phenoxy) is 1. The van der Waals surface area contributed by atoms with E-state index in [-0.39, 0.29) is 5.76 Å². The summed E-state index contributed by atoms with van der Waals surface area (Å²) in [6, 6.07) is 22.5. The minimum atomic E-state index is 0.0891. The van der Waals surface area contributed by atoms with Crippen LogP contribution >= 0.6 is 0 Å². The Morgan fingerprint density at radius 1 is 0.931 bits per heavy atom. The first-order valence-corrected chi connectivity index (χ1v) is 9.68. The van der Waals surface area contributed by atoms with Crippen molar-refractivity contribution < 1.29 is 9.84 Å². The Hall–Kier alpha value is -3.52. The fraction of sp³-hybridized carbons (Fsp3) is 0.111. The first-order valence-electron chi connectivity index (χ1n) is 9.68. The van der Waals surface area contributed by atoms with Crippen molar-refractivity contribution >= 4 is 16.9 Å². The van der Waals surface area contributed by atoms with E-state index in [4.69, 9.17) is 4.74 Å². The molecule has 2 nitrogen and oxygen atoms in total. The normalized spacial score (nSPS) is 13.1. The quantitative estimate of drug-likeness (QED) is 0.530. The van der Waals surface area contributed by atoms with Crippen molar-refractivity contribution in [2.24, 2.45) is 0 Å². The van der Waals surface area contributed by atoms with E-state index in [9.17, 15) is 5.11 Å². The molecule has 0 bridgehead atoms. The molecule has 0 radical (unpaired) electrons. The molecule has 2 heteroatoms. The van der Waals surface area contributed by atoms with Gasteiger partial charge < -0.3 is 9.84 Å². The lowest BCUT2D eigenvalue weighted by molar-refractivity contribution is 0.398. The minimum absolute atomic E-state index is 0.0891. The Kier molecular flexibility index (Phi) is 4.85. The summed E-state index contributed by atoms with van der Waals surface area (Å²) in [5, 5.41) is 10.7. The predicted octanol–water partition coefficient (Wildman–Crippen LogP) is 6.95. The number of aryl methyl sites for hydroxylation is 1. The van der Waals surface area contributed by atoms with Gasteiger partial charge in [0.2, 0.25) is 0 Å². The van der Waals surface area contributed by atoms with Gasteiger partial charge >= 0.3 is 0 Å². The zero-order chi connectivity index (χ0) is 20.5. The topological polar surface area (TPSA) is 29.5 Å². The van der Waals surface area contributed by atoms with Crippen LogP contribution in [0.2, 0.25) is 0 Å². The summed E-state index contributed by atoms with van der Waals surface area (Å²) in [5.74, 6) is 1.25. The van der Waals surface area contributed by atoms with Crippen LogP contribution in [0.4, 0.5) is 0 Å². The Bertz CT molecular complexity index is 1130. The number of fused-ring (bicyclic) bond motifs is 1. The van der Waals surface area contributed by atoms with Gasteiger partial charge in [-0.3, -0.25) is 0 Å². The summed E-state index contributed by atoms with van der Waals surface area (Å²) in [7, 11) is 0. The molecule has 0 unspecified atom stereocenters. The Morgan fingerprint density at radius 2 is 1.55 bits per heavy atom. The van der Waals surface area contributed by atoms with Crippen LogP contribution in [0, 0.1) is 6.92 Å². The van der Waals surface area contributed by atoms with Crippen LogP contribution in [-0.4, -0.2) is 5.11 Å². The third-order valence-corrected chi connectivity index (χ3v) is 5.24. The summed E-state index contributed by atoms with van der Waals surface area (Å²) >= 11 is 0. The highest BCUT2D eigenvalue weighted by Crippen LogP contribution is 2.40. The van der Waals surface area contributed by atoms with E-state index in [2.05, 4.69) is 49.6 Å². The van der Waals surface area contributed by atoms with E-state index < -0.39 is 0 Å². The van der Waals surface area contributed by atoms with Gasteiger partial charge in [-0.1, -0.05) is 78.9 Å². The standard InChI is InChI=1S/C27H24O2/c1-17(2)22-10-6-20(7-11-22)16-21-8-12-23(13-9-21)27-26(28)19(4)24-15-18(3)5-14-25(24)29-27/h5-15,28H,1,4,16H2,2-3H3. The summed E-state index contributed by atoms with van der Waals surface area (Å²) < 4.78 is 6.01. The van der Waals surface area contributed by atoms with Crippen molar-refractivity contribution in [3.8, 4) is 5.75 Å². The monoisotopic (exact) mass is 380 g/mol. The molecule has 0 atom stereocenters. The third-order valence-electron chi connectivity index (χ3n) is 5.24. The molecular formula is C27H24O2. The van der Waals surface area contributed by atoms with E-state index in [1.807, 2.05) is 44.2 Å². The van der Waals surface area contributed by atoms with E-state index in [1.165, 1.54) is 11.1 Å². The highest BCUT2D eigenvalue weighted by Gasteiger charge is 2.24. The molecule has 1 aliphatic heterocycles. The molecule has 0 saturated carbocycles. The zero-order valence-electron chi connectivity index (χ0n) is 16.8. The average Bonchev–Trinajstić information content (AvgIpc) is 2.72. The number of hydrogen-bond acceptors (Lipinski definition) is 2. The number of allylic oxidation sites excluding steroid dienone is 2. The number of aliphatic hydroxyl groups is 1. The second-order valence-corrected chi connectivity index (χ2v) is 7.61. The lowest BCUT2D eigenvalue weighted by atomic mass is 9.96. The molecule has 29 heavy (non-hydrogen) atoms. The molecule has 0 amide bonds. The first kappa shape index (κ1) is 18.8. The third kappa shape index (κ3) is 3.74. The summed E-state index contributed by atoms with van der Waals surface area (Å²) in [4.78, 5) is 0. The van der Waals surface area contributed by atoms with E-state index in [1.54, 1.807) is 0 Å². The van der Waals surface area contributed by atoms with Crippen LogP contribution in [0.3, 0.4) is 0 Å². The zero-order valence-corrected chi connectivity index (χ0v) is 16.8. The Morgan fingerprint density at radius 3 is 2.17 bits per heavy atom. The van der Waals surface area contributed by atoms with Gasteiger partial charge in [0.15, 0.2) is 11.5 Å². The fourth-order valence-electron chi connectivity index (χ4n) is 3.50. The molecular weight excluding hydrogens is 356 g/mol. The van der Waals surface area contributed by atoms with Gasteiger partial charge in [-0.2, -0.15) is 0 Å². The second-order valence-electron chi connectivity index (χ2n) is 7.61. The maximum absolute atomic E-state index is 10.7. The fourth-order valence-corrected chi connectivity index (χ4v) is 3.50. The van der Waals surface area contributed by atoms with E-state index in [0.29, 0.717) is 11.3 Å². The number of aliphatic hydroxyl groups excluding tert-OH is 1. The highest BCUT2D eigenvalue weighted by atomic mass is 16.5. The predicted molar refractivity (Wildman–Crippen MR) is 121 cm³/mol. The molecule has 0 fully saturated rings. The van der Waals surface area contributed by atoms with Crippen LogP contribution in [0.5, 0.6) is 5.75 Å². The number of benzene rings is 3. The average molecular weight is 380 g/mol. The second kappa shape index (κ2) is 7.48. The van der Waals surface area contributed by atoms with Gasteiger partial charge in [0.05, 0.1) is 0 Å². The van der Waals surface area contributed by atoms with Crippen LogP contribution in [0.1, 0.15) is 40.3 Å². The van der Waals surface area contributed by atoms with Crippen molar-refractivity contribution in [3.63, 3.8) is 0 Å². The van der Waals surface area contributed by atoms with Crippen LogP contribution in [-0.2, 0) is 6.42 Å². The molecule has 1 aliphatic rings. The Labute approximate surface area is 172 Å². The lowest BCUT2D eigenvalue weighted by Gasteiger charge is -2.23. The molecule has 3 aromatic carbocycles. The van der Waals surface area contributed by atoms with Crippen molar-refractivity contribution in [1.29, 1.82) is 0 Å². The van der Waals surface area contributed by atoms with Gasteiger partial charge in [0.1, 0.15) is 5.75 Å². The molecule has 4 rings (SSSR count). The molecule has 0 spiro atoms. The van der Waals surface area contributed by atoms with E-state index in [0.717, 1.165) is 40.0 Å². The molecule has 0 aromatic heterocycles. The minimum Gasteiger partial charge on any atom is -0.504 e. The number of hydrogen-bond donors (Lipinski definition) is 1. The first-order chi connectivity index (χ1) is 13.9. The summed E-state index contributed by atoms with van der Waals surface area (Å²) in [6.45, 7) is 12.1. The maximum atomic E-state index is 10.7. The van der Waals surface area contributed by atoms with Gasteiger partial charge in [0.25, 0.3) is 0 Å². The van der Waals surface area contributed by atoms with Crippen LogP contribution < -0.4 is 4.74 Å². The van der Waals surface area contributed by atoms with Crippen molar-refractivity contribution in [2.45, 2.75) is 20.3 Å². The van der Waals surface area contributed by atoms with Crippen molar-refractivity contribution in [3.05, 3.63) is 119 Å². The van der Waals surface area contributed by atoms with Crippen molar-refractivity contribution in [1.82, 2.24) is 0 Å². The van der Waals surface area contributed by atoms with Gasteiger partial charge in [-0.15, -0.1) is 0 Å². The Balaban J connectivity index is 1.56. The smallest absolute Gasteiger partial charge is 0.176 e.